The van der Waals surface area contributed by atoms with Gasteiger partial charge in [0.25, 0.3) is 0 Å². The Morgan fingerprint density at radius 2 is 2.25 bits per heavy atom. The summed E-state index contributed by atoms with van der Waals surface area (Å²) < 4.78 is 6.00. The van der Waals surface area contributed by atoms with Crippen LogP contribution in [0.4, 0.5) is 10.6 Å². The van der Waals surface area contributed by atoms with E-state index in [9.17, 15) is 4.79 Å². The molecule has 3 aromatic rings. The van der Waals surface area contributed by atoms with Crippen molar-refractivity contribution in [3.8, 4) is 0 Å². The van der Waals surface area contributed by atoms with Crippen LogP contribution in [-0.4, -0.2) is 52.2 Å². The van der Waals surface area contributed by atoms with Crippen LogP contribution in [0.15, 0.2) is 28.9 Å². The summed E-state index contributed by atoms with van der Waals surface area (Å²) in [5.41, 5.74) is 3.40. The van der Waals surface area contributed by atoms with E-state index in [1.165, 1.54) is 4.90 Å². The molecule has 0 unspecified atom stereocenters. The SMILES string of the molecule is Cc1ccc2oc3c(N4CC[C@@H](N(C)C(=O)O)C4)ncnc3c2c1. The first kappa shape index (κ1) is 14.7. The number of anilines is 1. The molecule has 2 aromatic heterocycles. The topological polar surface area (TPSA) is 82.7 Å². The second-order valence-electron chi connectivity index (χ2n) is 6.26. The van der Waals surface area contributed by atoms with Crippen LogP contribution in [0, 0.1) is 6.92 Å². The van der Waals surface area contributed by atoms with Crippen LogP contribution in [-0.2, 0) is 0 Å². The first-order valence-corrected chi connectivity index (χ1v) is 7.89. The molecule has 124 valence electrons. The molecule has 7 heteroatoms. The van der Waals surface area contributed by atoms with E-state index in [1.54, 1.807) is 13.4 Å². The highest BCUT2D eigenvalue weighted by atomic mass is 16.4. The zero-order valence-electron chi connectivity index (χ0n) is 13.6. The number of nitrogens with zero attached hydrogens (tertiary/aromatic N) is 4. The molecular weight excluding hydrogens is 308 g/mol. The van der Waals surface area contributed by atoms with Gasteiger partial charge >= 0.3 is 6.09 Å². The summed E-state index contributed by atoms with van der Waals surface area (Å²) in [6.07, 6.45) is 1.41. The zero-order chi connectivity index (χ0) is 16.8. The maximum atomic E-state index is 11.2. The van der Waals surface area contributed by atoms with Crippen molar-refractivity contribution >= 4 is 34.0 Å². The van der Waals surface area contributed by atoms with Crippen LogP contribution < -0.4 is 4.90 Å². The summed E-state index contributed by atoms with van der Waals surface area (Å²) >= 11 is 0. The number of fused-ring (bicyclic) bond motifs is 3. The summed E-state index contributed by atoms with van der Waals surface area (Å²) in [5.74, 6) is 0.732. The Kier molecular flexibility index (Phi) is 3.30. The molecule has 1 aromatic carbocycles. The first-order valence-electron chi connectivity index (χ1n) is 7.89. The number of aromatic nitrogens is 2. The molecule has 0 bridgehead atoms. The smallest absolute Gasteiger partial charge is 0.407 e. The summed E-state index contributed by atoms with van der Waals surface area (Å²) in [6.45, 7) is 3.38. The van der Waals surface area contributed by atoms with Gasteiger partial charge in [-0.3, -0.25) is 0 Å². The predicted octanol–water partition coefficient (Wildman–Crippen LogP) is 2.87. The van der Waals surface area contributed by atoms with Crippen LogP contribution in [0.5, 0.6) is 0 Å². The van der Waals surface area contributed by atoms with Gasteiger partial charge in [0, 0.05) is 25.5 Å². The predicted molar refractivity (Wildman–Crippen MR) is 90.5 cm³/mol. The highest BCUT2D eigenvalue weighted by Gasteiger charge is 2.30. The molecule has 7 nitrogen and oxygen atoms in total. The van der Waals surface area contributed by atoms with Crippen LogP contribution in [0.3, 0.4) is 0 Å². The maximum absolute atomic E-state index is 11.2. The van der Waals surface area contributed by atoms with Gasteiger partial charge in [0.05, 0.1) is 6.04 Å². The van der Waals surface area contributed by atoms with Crippen molar-refractivity contribution in [3.63, 3.8) is 0 Å². The van der Waals surface area contributed by atoms with Gasteiger partial charge in [-0.2, -0.15) is 0 Å². The van der Waals surface area contributed by atoms with Crippen LogP contribution in [0.1, 0.15) is 12.0 Å². The van der Waals surface area contributed by atoms with Gasteiger partial charge in [-0.1, -0.05) is 11.6 Å². The number of rotatable bonds is 2. The molecule has 1 saturated heterocycles. The standard InChI is InChI=1S/C17H18N4O3/c1-10-3-4-13-12(7-10)14-15(24-13)16(19-9-18-14)21-6-5-11(8-21)20(2)17(22)23/h3-4,7,9,11H,5-6,8H2,1-2H3,(H,22,23)/t11-/m1/s1. The van der Waals surface area contributed by atoms with Crippen molar-refractivity contribution in [3.05, 3.63) is 30.1 Å². The van der Waals surface area contributed by atoms with Gasteiger partial charge < -0.3 is 19.3 Å². The van der Waals surface area contributed by atoms with Gasteiger partial charge in [0.15, 0.2) is 11.4 Å². The average molecular weight is 326 g/mol. The molecule has 1 N–H and O–H groups in total. The van der Waals surface area contributed by atoms with Crippen molar-refractivity contribution in [1.29, 1.82) is 0 Å². The molecule has 24 heavy (non-hydrogen) atoms. The van der Waals surface area contributed by atoms with Gasteiger partial charge in [-0.25, -0.2) is 14.8 Å². The monoisotopic (exact) mass is 326 g/mol. The van der Waals surface area contributed by atoms with E-state index in [-0.39, 0.29) is 6.04 Å². The van der Waals surface area contributed by atoms with Crippen LogP contribution >= 0.6 is 0 Å². The number of furan rings is 1. The Balaban J connectivity index is 1.75. The summed E-state index contributed by atoms with van der Waals surface area (Å²) in [7, 11) is 1.61. The molecule has 0 spiro atoms. The Morgan fingerprint density at radius 1 is 1.42 bits per heavy atom. The number of benzene rings is 1. The second-order valence-corrected chi connectivity index (χ2v) is 6.26. The maximum Gasteiger partial charge on any atom is 0.407 e. The van der Waals surface area contributed by atoms with E-state index < -0.39 is 6.09 Å². The Labute approximate surface area is 138 Å². The molecule has 0 saturated carbocycles. The first-order chi connectivity index (χ1) is 11.5. The van der Waals surface area contributed by atoms with Gasteiger partial charge in [-0.15, -0.1) is 0 Å². The number of hydrogen-bond acceptors (Lipinski definition) is 5. The van der Waals surface area contributed by atoms with Crippen molar-refractivity contribution in [2.45, 2.75) is 19.4 Å². The molecule has 3 heterocycles. The van der Waals surface area contributed by atoms with E-state index in [1.807, 2.05) is 19.1 Å². The van der Waals surface area contributed by atoms with Crippen molar-refractivity contribution in [1.82, 2.24) is 14.9 Å². The van der Waals surface area contributed by atoms with E-state index >= 15 is 0 Å². The number of likely N-dealkylation sites (N-methyl/N-ethyl adjacent to an activating group) is 1. The molecule has 1 atom stereocenters. The minimum atomic E-state index is -0.908. The lowest BCUT2D eigenvalue weighted by Gasteiger charge is -2.22. The summed E-state index contributed by atoms with van der Waals surface area (Å²) in [4.78, 5) is 23.4. The summed E-state index contributed by atoms with van der Waals surface area (Å²) in [6, 6.07) is 5.97. The highest BCUT2D eigenvalue weighted by molar-refractivity contribution is 6.05. The van der Waals surface area contributed by atoms with E-state index in [0.29, 0.717) is 12.1 Å². The Bertz CT molecular complexity index is 936. The lowest BCUT2D eigenvalue weighted by Crippen LogP contribution is -2.38. The Morgan fingerprint density at radius 3 is 3.04 bits per heavy atom. The third-order valence-electron chi connectivity index (χ3n) is 4.70. The fourth-order valence-electron chi connectivity index (χ4n) is 3.31. The molecule has 4 rings (SSSR count). The largest absolute Gasteiger partial charge is 0.465 e. The molecule has 0 radical (unpaired) electrons. The molecule has 1 aliphatic rings. The minimum absolute atomic E-state index is 0.0425. The lowest BCUT2D eigenvalue weighted by molar-refractivity contribution is 0.142. The van der Waals surface area contributed by atoms with Gasteiger partial charge in [0.1, 0.15) is 17.4 Å². The number of amides is 1. The van der Waals surface area contributed by atoms with Crippen molar-refractivity contribution in [2.75, 3.05) is 25.0 Å². The molecule has 1 fully saturated rings. The quantitative estimate of drug-likeness (QED) is 0.780. The second kappa shape index (κ2) is 5.36. The van der Waals surface area contributed by atoms with E-state index in [0.717, 1.165) is 40.8 Å². The molecule has 1 aliphatic heterocycles. The fourth-order valence-corrected chi connectivity index (χ4v) is 3.31. The van der Waals surface area contributed by atoms with Crippen molar-refractivity contribution in [2.24, 2.45) is 0 Å². The number of aryl methyl sites for hydroxylation is 1. The molecule has 1 amide bonds. The van der Waals surface area contributed by atoms with Gasteiger partial charge in [0.2, 0.25) is 0 Å². The zero-order valence-corrected chi connectivity index (χ0v) is 13.6. The number of hydrogen-bond donors (Lipinski definition) is 1. The van der Waals surface area contributed by atoms with Gasteiger partial charge in [-0.05, 0) is 25.5 Å². The third kappa shape index (κ3) is 2.24. The molecule has 0 aliphatic carbocycles. The summed E-state index contributed by atoms with van der Waals surface area (Å²) in [5, 5.41) is 10.1. The normalized spacial score (nSPS) is 17.8. The van der Waals surface area contributed by atoms with Crippen LogP contribution in [0.25, 0.3) is 22.1 Å². The Hall–Kier alpha value is -2.83. The van der Waals surface area contributed by atoms with E-state index in [2.05, 4.69) is 20.9 Å². The number of carbonyl (C=O) groups is 1. The average Bonchev–Trinajstić information content (AvgIpc) is 3.18. The fraction of sp³-hybridized carbons (Fsp3) is 0.353. The van der Waals surface area contributed by atoms with E-state index in [4.69, 9.17) is 9.52 Å². The van der Waals surface area contributed by atoms with Crippen molar-refractivity contribution < 1.29 is 14.3 Å². The third-order valence-corrected chi connectivity index (χ3v) is 4.70. The van der Waals surface area contributed by atoms with Crippen LogP contribution in [0.2, 0.25) is 0 Å². The minimum Gasteiger partial charge on any atom is -0.465 e. The lowest BCUT2D eigenvalue weighted by atomic mass is 10.2. The molecular formula is C17H18N4O3. The highest BCUT2D eigenvalue weighted by Crippen LogP contribution is 2.34. The number of carboxylic acid groups (broad SMARTS) is 1.